The van der Waals surface area contributed by atoms with Crippen LogP contribution in [0, 0.1) is 10.6 Å². The van der Waals surface area contributed by atoms with Crippen molar-refractivity contribution in [2.45, 2.75) is 0 Å². The molecule has 0 spiro atoms. The van der Waals surface area contributed by atoms with Gasteiger partial charge in [-0.05, 0) is 12.2 Å². The molecule has 102 valence electrons. The van der Waals surface area contributed by atoms with Gasteiger partial charge in [-0.25, -0.2) is 10.2 Å². The van der Waals surface area contributed by atoms with Crippen molar-refractivity contribution in [2.75, 3.05) is 14.2 Å². The Morgan fingerprint density at radius 3 is 2.79 bits per heavy atom. The van der Waals surface area contributed by atoms with Crippen molar-refractivity contribution >= 4 is 29.2 Å². The summed E-state index contributed by atoms with van der Waals surface area (Å²) in [4.78, 5) is 2.91. The second kappa shape index (κ2) is 4.86. The maximum absolute atomic E-state index is 13.6. The number of H-pyrrole nitrogens is 1. The van der Waals surface area contributed by atoms with Crippen LogP contribution in [-0.2, 0) is 0 Å². The van der Waals surface area contributed by atoms with Gasteiger partial charge < -0.3 is 15.6 Å². The highest BCUT2D eigenvalue weighted by Crippen LogP contribution is 2.26. The lowest BCUT2D eigenvalue weighted by molar-refractivity contribution is 0.415. The first-order valence-electron chi connectivity index (χ1n) is 5.24. The number of halogens is 1. The van der Waals surface area contributed by atoms with Gasteiger partial charge in [-0.15, -0.1) is 5.10 Å². The Balaban J connectivity index is 2.86. The summed E-state index contributed by atoms with van der Waals surface area (Å²) in [6, 6.07) is 2.54. The lowest BCUT2D eigenvalue weighted by atomic mass is 10.3. The minimum Gasteiger partial charge on any atom is -0.494 e. The second-order valence-corrected chi connectivity index (χ2v) is 4.19. The van der Waals surface area contributed by atoms with E-state index < -0.39 is 5.82 Å². The number of methoxy groups -OCH3 is 1. The van der Waals surface area contributed by atoms with Gasteiger partial charge in [0.05, 0.1) is 12.6 Å². The summed E-state index contributed by atoms with van der Waals surface area (Å²) in [5.74, 6) is 10.9. The molecule has 0 aliphatic rings. The number of aromatic nitrogens is 2. The van der Waals surface area contributed by atoms with Gasteiger partial charge in [0.25, 0.3) is 0 Å². The van der Waals surface area contributed by atoms with Crippen molar-refractivity contribution < 1.29 is 9.13 Å². The summed E-state index contributed by atoms with van der Waals surface area (Å²) in [7, 11) is 2.98. The van der Waals surface area contributed by atoms with Gasteiger partial charge in [-0.2, -0.15) is 0 Å². The summed E-state index contributed by atoms with van der Waals surface area (Å²) in [6.45, 7) is 0. The Labute approximate surface area is 113 Å². The van der Waals surface area contributed by atoms with Crippen LogP contribution in [0.2, 0.25) is 0 Å². The van der Waals surface area contributed by atoms with Crippen LogP contribution < -0.4 is 16.4 Å². The van der Waals surface area contributed by atoms with Crippen LogP contribution in [0.15, 0.2) is 17.2 Å². The Morgan fingerprint density at radius 1 is 1.58 bits per heavy atom. The van der Waals surface area contributed by atoms with Crippen molar-refractivity contribution in [1.82, 2.24) is 14.6 Å². The number of benzene rings is 1. The maximum Gasteiger partial charge on any atom is 0.243 e. The summed E-state index contributed by atoms with van der Waals surface area (Å²) >= 11 is 5.18. The van der Waals surface area contributed by atoms with E-state index in [1.165, 1.54) is 28.8 Å². The number of aromatic amines is 1. The Hall–Kier alpha value is -2.13. The van der Waals surface area contributed by atoms with Crippen molar-refractivity contribution in [2.24, 2.45) is 16.8 Å². The average molecular weight is 284 g/mol. The summed E-state index contributed by atoms with van der Waals surface area (Å²) in [6.07, 6.45) is 0. The number of hydrazine groups is 1. The van der Waals surface area contributed by atoms with Gasteiger partial charge in [0.1, 0.15) is 17.1 Å². The molecule has 2 rings (SSSR count). The van der Waals surface area contributed by atoms with Gasteiger partial charge >= 0.3 is 0 Å². The van der Waals surface area contributed by atoms with Crippen LogP contribution in [0.3, 0.4) is 0 Å². The predicted molar refractivity (Wildman–Crippen MR) is 72.6 cm³/mol. The van der Waals surface area contributed by atoms with E-state index in [1.54, 1.807) is 7.05 Å². The standard InChI is InChI=1S/C10H13FN6OS/c1-16(13)9(15-12)17-6-3-5(11)4-7(18-2)8(6)14-10(17)19/h3-4H,12-13H2,1-2H3,(H,14,19)/b15-9+. The average Bonchev–Trinajstić information content (AvgIpc) is 2.66. The van der Waals surface area contributed by atoms with Crippen molar-refractivity contribution in [1.29, 1.82) is 0 Å². The summed E-state index contributed by atoms with van der Waals surface area (Å²) in [5.41, 5.74) is 0.972. The molecule has 0 bridgehead atoms. The number of imidazole rings is 1. The second-order valence-electron chi connectivity index (χ2n) is 3.81. The first-order chi connectivity index (χ1) is 8.99. The quantitative estimate of drug-likeness (QED) is 0.236. The first kappa shape index (κ1) is 13.3. The molecule has 0 saturated heterocycles. The molecular formula is C10H13FN6OS. The third-order valence-electron chi connectivity index (χ3n) is 2.57. The van der Waals surface area contributed by atoms with Gasteiger partial charge in [-0.3, -0.25) is 9.58 Å². The smallest absolute Gasteiger partial charge is 0.243 e. The summed E-state index contributed by atoms with van der Waals surface area (Å²) in [5, 5.41) is 4.74. The SMILES string of the molecule is COc1cc(F)cc2c1[nH]c(=S)n2/C(=N/N)N(C)N. The van der Waals surface area contributed by atoms with Crippen LogP contribution in [0.4, 0.5) is 4.39 Å². The zero-order chi connectivity index (χ0) is 14.2. The third kappa shape index (κ3) is 2.13. The first-order valence-corrected chi connectivity index (χ1v) is 5.65. The number of hydrazone groups is 1. The summed E-state index contributed by atoms with van der Waals surface area (Å²) < 4.78 is 20.4. The molecule has 0 unspecified atom stereocenters. The molecule has 0 atom stereocenters. The zero-order valence-corrected chi connectivity index (χ0v) is 11.2. The highest BCUT2D eigenvalue weighted by atomic mass is 32.1. The number of rotatable bonds is 1. The predicted octanol–water partition coefficient (Wildman–Crippen LogP) is 0.730. The van der Waals surface area contributed by atoms with Gasteiger partial charge in [0, 0.05) is 19.2 Å². The molecule has 19 heavy (non-hydrogen) atoms. The minimum atomic E-state index is -0.469. The molecule has 0 aliphatic carbocycles. The van der Waals surface area contributed by atoms with E-state index in [9.17, 15) is 4.39 Å². The maximum atomic E-state index is 13.6. The van der Waals surface area contributed by atoms with E-state index in [0.29, 0.717) is 16.8 Å². The van der Waals surface area contributed by atoms with E-state index in [2.05, 4.69) is 10.1 Å². The topological polar surface area (TPSA) is 97.6 Å². The fraction of sp³-hybridized carbons (Fsp3) is 0.200. The van der Waals surface area contributed by atoms with E-state index in [-0.39, 0.29) is 10.7 Å². The molecule has 0 saturated carbocycles. The van der Waals surface area contributed by atoms with E-state index in [1.807, 2.05) is 0 Å². The third-order valence-corrected chi connectivity index (χ3v) is 2.86. The molecule has 1 heterocycles. The van der Waals surface area contributed by atoms with Gasteiger partial charge in [0.2, 0.25) is 5.96 Å². The molecule has 1 aromatic heterocycles. The molecule has 2 aromatic rings. The molecular weight excluding hydrogens is 271 g/mol. The number of fused-ring (bicyclic) bond motifs is 1. The molecule has 1 aromatic carbocycles. The number of ether oxygens (including phenoxy) is 1. The fourth-order valence-electron chi connectivity index (χ4n) is 1.81. The van der Waals surface area contributed by atoms with E-state index in [0.717, 1.165) is 0 Å². The van der Waals surface area contributed by atoms with Gasteiger partial charge in [-0.1, -0.05) is 0 Å². The number of nitrogens with two attached hydrogens (primary N) is 2. The number of hydrogen-bond acceptors (Lipinski definition) is 5. The number of nitrogens with one attached hydrogen (secondary N) is 1. The lowest BCUT2D eigenvalue weighted by Crippen LogP contribution is -2.39. The normalized spacial score (nSPS) is 11.9. The Bertz CT molecular complexity index is 704. The zero-order valence-electron chi connectivity index (χ0n) is 10.3. The highest BCUT2D eigenvalue weighted by Gasteiger charge is 2.16. The van der Waals surface area contributed by atoms with E-state index in [4.69, 9.17) is 28.6 Å². The Kier molecular flexibility index (Phi) is 3.40. The lowest BCUT2D eigenvalue weighted by Gasteiger charge is -2.15. The van der Waals surface area contributed by atoms with Crippen LogP contribution in [0.5, 0.6) is 5.75 Å². The molecule has 0 aliphatic heterocycles. The van der Waals surface area contributed by atoms with Gasteiger partial charge in [0.15, 0.2) is 4.77 Å². The van der Waals surface area contributed by atoms with Crippen LogP contribution in [0.1, 0.15) is 0 Å². The molecule has 0 radical (unpaired) electrons. The molecule has 7 nitrogen and oxygen atoms in total. The van der Waals surface area contributed by atoms with Crippen LogP contribution >= 0.6 is 12.2 Å². The molecule has 0 fully saturated rings. The number of nitrogens with zero attached hydrogens (tertiary/aromatic N) is 3. The van der Waals surface area contributed by atoms with Crippen molar-refractivity contribution in [3.63, 3.8) is 0 Å². The molecule has 0 amide bonds. The minimum absolute atomic E-state index is 0.170. The molecule has 9 heteroatoms. The monoisotopic (exact) mass is 284 g/mol. The van der Waals surface area contributed by atoms with Crippen molar-refractivity contribution in [3.05, 3.63) is 22.7 Å². The van der Waals surface area contributed by atoms with Crippen LogP contribution in [-0.4, -0.2) is 34.7 Å². The number of hydrogen-bond donors (Lipinski definition) is 3. The largest absolute Gasteiger partial charge is 0.494 e. The van der Waals surface area contributed by atoms with Crippen molar-refractivity contribution in [3.8, 4) is 5.75 Å². The Morgan fingerprint density at radius 2 is 2.26 bits per heavy atom. The van der Waals surface area contributed by atoms with E-state index >= 15 is 0 Å². The highest BCUT2D eigenvalue weighted by molar-refractivity contribution is 7.71. The van der Waals surface area contributed by atoms with Crippen LogP contribution in [0.25, 0.3) is 11.0 Å². The molecule has 5 N–H and O–H groups in total. The fourth-order valence-corrected chi connectivity index (χ4v) is 2.09.